The summed E-state index contributed by atoms with van der Waals surface area (Å²) >= 11 is 0. The molecule has 0 radical (unpaired) electrons. The van der Waals surface area contributed by atoms with Gasteiger partial charge in [-0.2, -0.15) is 0 Å². The molecule has 0 bridgehead atoms. The van der Waals surface area contributed by atoms with E-state index in [4.69, 9.17) is 4.74 Å². The van der Waals surface area contributed by atoms with Crippen LogP contribution in [0.5, 0.6) is 0 Å². The lowest BCUT2D eigenvalue weighted by atomic mass is 9.97. The minimum Gasteiger partial charge on any atom is -0.466 e. The third-order valence-corrected chi connectivity index (χ3v) is 3.59. The van der Waals surface area contributed by atoms with Gasteiger partial charge in [-0.15, -0.1) is 0 Å². The molecule has 108 valence electrons. The lowest BCUT2D eigenvalue weighted by molar-refractivity contribution is -0.134. The van der Waals surface area contributed by atoms with E-state index in [1.165, 1.54) is 23.8 Å². The van der Waals surface area contributed by atoms with Crippen molar-refractivity contribution in [2.75, 3.05) is 7.11 Å². The summed E-state index contributed by atoms with van der Waals surface area (Å²) in [5.74, 6) is -0.310. The van der Waals surface area contributed by atoms with E-state index in [9.17, 15) is 4.79 Å². The minimum absolute atomic E-state index is 0.310. The molecule has 0 unspecified atom stereocenters. The molecule has 0 heterocycles. The molecule has 2 nitrogen and oxygen atoms in total. The Morgan fingerprint density at radius 1 is 1.10 bits per heavy atom. The van der Waals surface area contributed by atoms with E-state index in [-0.39, 0.29) is 5.97 Å². The molecule has 2 aromatic carbocycles. The van der Waals surface area contributed by atoms with Crippen LogP contribution >= 0.6 is 0 Å². The van der Waals surface area contributed by atoms with Gasteiger partial charge in [0.1, 0.15) is 0 Å². The lowest BCUT2D eigenvalue weighted by Gasteiger charge is -2.09. The van der Waals surface area contributed by atoms with Crippen LogP contribution in [0.15, 0.2) is 54.6 Å². The maximum Gasteiger partial charge on any atom is 0.330 e. The van der Waals surface area contributed by atoms with Gasteiger partial charge in [0.05, 0.1) is 7.11 Å². The van der Waals surface area contributed by atoms with Crippen molar-refractivity contribution in [2.24, 2.45) is 0 Å². The summed E-state index contributed by atoms with van der Waals surface area (Å²) in [6.07, 6.45) is 2.35. The highest BCUT2D eigenvalue weighted by molar-refractivity contribution is 5.91. The Balaban J connectivity index is 2.33. The third-order valence-electron chi connectivity index (χ3n) is 3.59. The maximum atomic E-state index is 11.4. The fourth-order valence-electron chi connectivity index (χ4n) is 2.35. The van der Waals surface area contributed by atoms with Crippen molar-refractivity contribution in [2.45, 2.75) is 20.3 Å². The molecule has 0 atom stereocenters. The second-order valence-corrected chi connectivity index (χ2v) is 4.94. The van der Waals surface area contributed by atoms with Crippen molar-refractivity contribution >= 4 is 11.5 Å². The van der Waals surface area contributed by atoms with Gasteiger partial charge in [-0.05, 0) is 41.2 Å². The average Bonchev–Trinajstić information content (AvgIpc) is 2.53. The molecule has 21 heavy (non-hydrogen) atoms. The van der Waals surface area contributed by atoms with Gasteiger partial charge in [0, 0.05) is 6.08 Å². The summed E-state index contributed by atoms with van der Waals surface area (Å²) < 4.78 is 4.70. The molecule has 0 amide bonds. The summed E-state index contributed by atoms with van der Waals surface area (Å²) in [6, 6.07) is 16.6. The zero-order chi connectivity index (χ0) is 15.2. The molecule has 0 saturated carbocycles. The molecule has 0 saturated heterocycles. The van der Waals surface area contributed by atoms with E-state index in [1.807, 2.05) is 19.1 Å². The third kappa shape index (κ3) is 3.60. The standard InChI is InChI=1S/C19H20O2/c1-4-15(13-19(20)21-3)16-9-11-17(12-10-16)18-8-6-5-7-14(18)2/h5-13H,4H2,1-3H3/b15-13+. The number of hydrogen-bond acceptors (Lipinski definition) is 2. The monoisotopic (exact) mass is 280 g/mol. The first-order valence-corrected chi connectivity index (χ1v) is 7.10. The molecule has 0 aromatic heterocycles. The number of ether oxygens (including phenoxy) is 1. The van der Waals surface area contributed by atoms with Crippen LogP contribution in [0.25, 0.3) is 16.7 Å². The van der Waals surface area contributed by atoms with Crippen LogP contribution in [-0.2, 0) is 9.53 Å². The van der Waals surface area contributed by atoms with Crippen molar-refractivity contribution in [3.8, 4) is 11.1 Å². The Kier molecular flexibility index (Phi) is 4.94. The van der Waals surface area contributed by atoms with Gasteiger partial charge in [-0.25, -0.2) is 4.79 Å². The molecular weight excluding hydrogens is 260 g/mol. The first kappa shape index (κ1) is 15.0. The van der Waals surface area contributed by atoms with Crippen LogP contribution in [0.3, 0.4) is 0 Å². The fraction of sp³-hybridized carbons (Fsp3) is 0.211. The molecule has 2 heteroatoms. The Labute approximate surface area is 126 Å². The van der Waals surface area contributed by atoms with E-state index in [0.29, 0.717) is 0 Å². The molecule has 0 aliphatic heterocycles. The topological polar surface area (TPSA) is 26.3 Å². The van der Waals surface area contributed by atoms with Gasteiger partial charge in [-0.3, -0.25) is 0 Å². The molecule has 0 aliphatic carbocycles. The highest BCUT2D eigenvalue weighted by Gasteiger charge is 2.05. The van der Waals surface area contributed by atoms with Gasteiger partial charge in [0.15, 0.2) is 0 Å². The van der Waals surface area contributed by atoms with Gasteiger partial charge in [0.2, 0.25) is 0 Å². The van der Waals surface area contributed by atoms with Gasteiger partial charge in [0.25, 0.3) is 0 Å². The fourth-order valence-corrected chi connectivity index (χ4v) is 2.35. The Bertz CT molecular complexity index is 652. The number of carbonyl (C=O) groups is 1. The predicted molar refractivity (Wildman–Crippen MR) is 86.9 cm³/mol. The van der Waals surface area contributed by atoms with Crippen molar-refractivity contribution in [3.63, 3.8) is 0 Å². The van der Waals surface area contributed by atoms with Crippen LogP contribution in [0.4, 0.5) is 0 Å². The first-order chi connectivity index (χ1) is 10.2. The number of esters is 1. The van der Waals surface area contributed by atoms with E-state index in [1.54, 1.807) is 6.08 Å². The number of rotatable bonds is 4. The number of allylic oxidation sites excluding steroid dienone is 1. The zero-order valence-electron chi connectivity index (χ0n) is 12.7. The largest absolute Gasteiger partial charge is 0.466 e. The highest BCUT2D eigenvalue weighted by atomic mass is 16.5. The number of methoxy groups -OCH3 is 1. The number of benzene rings is 2. The molecule has 0 spiro atoms. The summed E-state index contributed by atoms with van der Waals surface area (Å²) in [7, 11) is 1.40. The van der Waals surface area contributed by atoms with Gasteiger partial charge in [-0.1, -0.05) is 55.5 Å². The van der Waals surface area contributed by atoms with E-state index in [0.717, 1.165) is 17.6 Å². The first-order valence-electron chi connectivity index (χ1n) is 7.10. The number of hydrogen-bond donors (Lipinski definition) is 0. The summed E-state index contributed by atoms with van der Waals surface area (Å²) in [4.78, 5) is 11.4. The van der Waals surface area contributed by atoms with Crippen LogP contribution in [0, 0.1) is 6.92 Å². The average molecular weight is 280 g/mol. The predicted octanol–water partition coefficient (Wildman–Crippen LogP) is 4.63. The summed E-state index contributed by atoms with van der Waals surface area (Å²) in [6.45, 7) is 4.14. The Morgan fingerprint density at radius 2 is 1.76 bits per heavy atom. The van der Waals surface area contributed by atoms with Crippen LogP contribution in [0.2, 0.25) is 0 Å². The van der Waals surface area contributed by atoms with Gasteiger partial charge < -0.3 is 4.74 Å². The second kappa shape index (κ2) is 6.89. The summed E-state index contributed by atoms with van der Waals surface area (Å²) in [5.41, 5.74) is 5.72. The smallest absolute Gasteiger partial charge is 0.330 e. The minimum atomic E-state index is -0.310. The normalized spacial score (nSPS) is 11.3. The molecule has 0 fully saturated rings. The molecular formula is C19H20O2. The number of aryl methyl sites for hydroxylation is 1. The Morgan fingerprint density at radius 3 is 2.33 bits per heavy atom. The van der Waals surface area contributed by atoms with E-state index in [2.05, 4.69) is 43.3 Å². The second-order valence-electron chi connectivity index (χ2n) is 4.94. The maximum absolute atomic E-state index is 11.4. The van der Waals surface area contributed by atoms with Crippen LogP contribution < -0.4 is 0 Å². The lowest BCUT2D eigenvalue weighted by Crippen LogP contribution is -1.97. The van der Waals surface area contributed by atoms with E-state index < -0.39 is 0 Å². The SMILES string of the molecule is CC/C(=C\C(=O)OC)c1ccc(-c2ccccc2C)cc1. The zero-order valence-corrected chi connectivity index (χ0v) is 12.7. The summed E-state index contributed by atoms with van der Waals surface area (Å²) in [5, 5.41) is 0. The van der Waals surface area contributed by atoms with Crippen LogP contribution in [0.1, 0.15) is 24.5 Å². The van der Waals surface area contributed by atoms with Crippen molar-refractivity contribution < 1.29 is 9.53 Å². The quantitative estimate of drug-likeness (QED) is 0.603. The molecule has 0 aliphatic rings. The van der Waals surface area contributed by atoms with Gasteiger partial charge >= 0.3 is 5.97 Å². The highest BCUT2D eigenvalue weighted by Crippen LogP contribution is 2.26. The van der Waals surface area contributed by atoms with Crippen molar-refractivity contribution in [1.82, 2.24) is 0 Å². The van der Waals surface area contributed by atoms with Crippen LogP contribution in [-0.4, -0.2) is 13.1 Å². The Hall–Kier alpha value is -2.35. The van der Waals surface area contributed by atoms with Crippen molar-refractivity contribution in [1.29, 1.82) is 0 Å². The van der Waals surface area contributed by atoms with E-state index >= 15 is 0 Å². The molecule has 2 rings (SSSR count). The molecule has 0 N–H and O–H groups in total. The number of carbonyl (C=O) groups excluding carboxylic acids is 1. The van der Waals surface area contributed by atoms with Crippen molar-refractivity contribution in [3.05, 3.63) is 65.7 Å². The molecule has 2 aromatic rings.